The molecule has 2 aromatic rings. The summed E-state index contributed by atoms with van der Waals surface area (Å²) in [6.45, 7) is -0.117. The minimum Gasteiger partial charge on any atom is -0.391 e. The van der Waals surface area contributed by atoms with Crippen LogP contribution in [0.3, 0.4) is 0 Å². The number of rotatable bonds is 3. The lowest BCUT2D eigenvalue weighted by Gasteiger charge is -2.09. The van der Waals surface area contributed by atoms with Gasteiger partial charge in [-0.2, -0.15) is 0 Å². The van der Waals surface area contributed by atoms with Gasteiger partial charge in [-0.15, -0.1) is 0 Å². The SMILES string of the molecule is OCc1cncnc1Nc1ccccc1Cl. The lowest BCUT2D eigenvalue weighted by molar-refractivity contribution is 0.281. The van der Waals surface area contributed by atoms with E-state index in [-0.39, 0.29) is 6.61 Å². The quantitative estimate of drug-likeness (QED) is 0.858. The number of halogens is 1. The average molecular weight is 236 g/mol. The van der Waals surface area contributed by atoms with Gasteiger partial charge >= 0.3 is 0 Å². The second-order valence-electron chi connectivity index (χ2n) is 3.16. The summed E-state index contributed by atoms with van der Waals surface area (Å²) >= 11 is 6.00. The molecule has 0 fully saturated rings. The topological polar surface area (TPSA) is 58.0 Å². The number of aliphatic hydroxyl groups is 1. The molecule has 0 amide bonds. The number of nitrogens with zero attached hydrogens (tertiary/aromatic N) is 2. The van der Waals surface area contributed by atoms with Crippen LogP contribution in [-0.2, 0) is 6.61 Å². The van der Waals surface area contributed by atoms with Crippen LogP contribution in [0.15, 0.2) is 36.8 Å². The Balaban J connectivity index is 2.30. The van der Waals surface area contributed by atoms with Gasteiger partial charge in [-0.05, 0) is 12.1 Å². The number of aliphatic hydroxyl groups excluding tert-OH is 1. The molecule has 1 aromatic carbocycles. The monoisotopic (exact) mass is 235 g/mol. The molecule has 16 heavy (non-hydrogen) atoms. The van der Waals surface area contributed by atoms with Crippen molar-refractivity contribution in [2.75, 3.05) is 5.32 Å². The Morgan fingerprint density at radius 3 is 2.88 bits per heavy atom. The van der Waals surface area contributed by atoms with Crippen molar-refractivity contribution in [3.63, 3.8) is 0 Å². The van der Waals surface area contributed by atoms with E-state index in [0.717, 1.165) is 5.69 Å². The minimum atomic E-state index is -0.117. The molecule has 0 atom stereocenters. The third kappa shape index (κ3) is 2.29. The smallest absolute Gasteiger partial charge is 0.139 e. The maximum absolute atomic E-state index is 9.11. The van der Waals surface area contributed by atoms with Crippen molar-refractivity contribution in [2.45, 2.75) is 6.61 Å². The van der Waals surface area contributed by atoms with Crippen LogP contribution < -0.4 is 5.32 Å². The van der Waals surface area contributed by atoms with Crippen molar-refractivity contribution in [3.8, 4) is 0 Å². The third-order valence-electron chi connectivity index (χ3n) is 2.09. The molecule has 1 heterocycles. The summed E-state index contributed by atoms with van der Waals surface area (Å²) in [6, 6.07) is 7.34. The van der Waals surface area contributed by atoms with Gasteiger partial charge in [0.25, 0.3) is 0 Å². The highest BCUT2D eigenvalue weighted by Crippen LogP contribution is 2.25. The summed E-state index contributed by atoms with van der Waals surface area (Å²) in [5, 5.41) is 12.8. The molecule has 4 nitrogen and oxygen atoms in total. The van der Waals surface area contributed by atoms with Crippen LogP contribution in [0.2, 0.25) is 5.02 Å². The fraction of sp³-hybridized carbons (Fsp3) is 0.0909. The van der Waals surface area contributed by atoms with E-state index in [9.17, 15) is 0 Å². The molecular weight excluding hydrogens is 226 g/mol. The van der Waals surface area contributed by atoms with Gasteiger partial charge in [0.2, 0.25) is 0 Å². The summed E-state index contributed by atoms with van der Waals surface area (Å²) in [7, 11) is 0. The predicted octanol–water partition coefficient (Wildman–Crippen LogP) is 2.37. The molecular formula is C11H10ClN3O. The molecule has 5 heteroatoms. The second kappa shape index (κ2) is 4.92. The molecule has 0 unspecified atom stereocenters. The van der Waals surface area contributed by atoms with E-state index in [0.29, 0.717) is 16.4 Å². The Kier molecular flexibility index (Phi) is 3.34. The van der Waals surface area contributed by atoms with E-state index in [1.165, 1.54) is 6.33 Å². The van der Waals surface area contributed by atoms with Crippen LogP contribution in [0, 0.1) is 0 Å². The number of hydrogen-bond donors (Lipinski definition) is 2. The molecule has 0 aliphatic heterocycles. The van der Waals surface area contributed by atoms with Gasteiger partial charge in [0.05, 0.1) is 17.3 Å². The van der Waals surface area contributed by atoms with E-state index >= 15 is 0 Å². The standard InChI is InChI=1S/C11H10ClN3O/c12-9-3-1-2-4-10(9)15-11-8(6-16)5-13-7-14-11/h1-5,7,16H,6H2,(H,13,14,15). The lowest BCUT2D eigenvalue weighted by Crippen LogP contribution is -2.00. The van der Waals surface area contributed by atoms with Gasteiger partial charge in [-0.3, -0.25) is 0 Å². The van der Waals surface area contributed by atoms with Gasteiger partial charge in [0, 0.05) is 11.8 Å². The van der Waals surface area contributed by atoms with E-state index in [1.54, 1.807) is 12.3 Å². The number of nitrogens with one attached hydrogen (secondary N) is 1. The normalized spacial score (nSPS) is 10.1. The zero-order valence-electron chi connectivity index (χ0n) is 8.39. The van der Waals surface area contributed by atoms with Gasteiger partial charge < -0.3 is 10.4 Å². The first-order valence-corrected chi connectivity index (χ1v) is 5.10. The summed E-state index contributed by atoms with van der Waals surface area (Å²) < 4.78 is 0. The maximum Gasteiger partial charge on any atom is 0.139 e. The number of hydrogen-bond acceptors (Lipinski definition) is 4. The Morgan fingerprint density at radius 1 is 1.31 bits per heavy atom. The maximum atomic E-state index is 9.11. The summed E-state index contributed by atoms with van der Waals surface area (Å²) in [6.07, 6.45) is 2.98. The van der Waals surface area contributed by atoms with Crippen molar-refractivity contribution in [1.82, 2.24) is 9.97 Å². The number of aromatic nitrogens is 2. The Labute approximate surface area is 97.9 Å². The predicted molar refractivity (Wildman–Crippen MR) is 62.7 cm³/mol. The molecule has 0 saturated heterocycles. The first-order valence-electron chi connectivity index (χ1n) is 4.72. The molecule has 0 saturated carbocycles. The fourth-order valence-corrected chi connectivity index (χ4v) is 1.46. The highest BCUT2D eigenvalue weighted by atomic mass is 35.5. The van der Waals surface area contributed by atoms with E-state index in [1.807, 2.05) is 18.2 Å². The summed E-state index contributed by atoms with van der Waals surface area (Å²) in [5.41, 5.74) is 1.37. The van der Waals surface area contributed by atoms with Crippen molar-refractivity contribution < 1.29 is 5.11 Å². The summed E-state index contributed by atoms with van der Waals surface area (Å²) in [4.78, 5) is 7.88. The van der Waals surface area contributed by atoms with Crippen LogP contribution in [-0.4, -0.2) is 15.1 Å². The van der Waals surface area contributed by atoms with Gasteiger partial charge in [0.1, 0.15) is 12.1 Å². The lowest BCUT2D eigenvalue weighted by atomic mass is 10.3. The first-order chi connectivity index (χ1) is 7.81. The van der Waals surface area contributed by atoms with Crippen LogP contribution in [0.5, 0.6) is 0 Å². The van der Waals surface area contributed by atoms with Crippen molar-refractivity contribution >= 4 is 23.1 Å². The van der Waals surface area contributed by atoms with Crippen LogP contribution >= 0.6 is 11.6 Å². The molecule has 82 valence electrons. The largest absolute Gasteiger partial charge is 0.391 e. The van der Waals surface area contributed by atoms with Crippen molar-refractivity contribution in [1.29, 1.82) is 0 Å². The molecule has 0 aliphatic carbocycles. The molecule has 2 N–H and O–H groups in total. The fourth-order valence-electron chi connectivity index (χ4n) is 1.28. The van der Waals surface area contributed by atoms with E-state index in [2.05, 4.69) is 15.3 Å². The Bertz CT molecular complexity index is 490. The molecule has 1 aromatic heterocycles. The van der Waals surface area contributed by atoms with Gasteiger partial charge in [-0.25, -0.2) is 9.97 Å². The highest BCUT2D eigenvalue weighted by Gasteiger charge is 2.05. The number of anilines is 2. The number of benzene rings is 1. The summed E-state index contributed by atoms with van der Waals surface area (Å²) in [5.74, 6) is 0.561. The zero-order valence-corrected chi connectivity index (χ0v) is 9.15. The minimum absolute atomic E-state index is 0.117. The first kappa shape index (κ1) is 10.9. The van der Waals surface area contributed by atoms with Crippen molar-refractivity contribution in [3.05, 3.63) is 47.4 Å². The van der Waals surface area contributed by atoms with Crippen molar-refractivity contribution in [2.24, 2.45) is 0 Å². The molecule has 0 aliphatic rings. The van der Waals surface area contributed by atoms with Crippen LogP contribution in [0.1, 0.15) is 5.56 Å². The Morgan fingerprint density at radius 2 is 2.12 bits per heavy atom. The molecule has 0 bridgehead atoms. The van der Waals surface area contributed by atoms with Gasteiger partial charge in [0.15, 0.2) is 0 Å². The van der Waals surface area contributed by atoms with Crippen LogP contribution in [0.25, 0.3) is 0 Å². The zero-order chi connectivity index (χ0) is 11.4. The third-order valence-corrected chi connectivity index (χ3v) is 2.41. The average Bonchev–Trinajstić information content (AvgIpc) is 2.33. The van der Waals surface area contributed by atoms with E-state index in [4.69, 9.17) is 16.7 Å². The molecule has 0 spiro atoms. The highest BCUT2D eigenvalue weighted by molar-refractivity contribution is 6.33. The van der Waals surface area contributed by atoms with E-state index < -0.39 is 0 Å². The Hall–Kier alpha value is -1.65. The second-order valence-corrected chi connectivity index (χ2v) is 3.57. The van der Waals surface area contributed by atoms with Crippen LogP contribution in [0.4, 0.5) is 11.5 Å². The number of para-hydroxylation sites is 1. The molecule has 0 radical (unpaired) electrons. The van der Waals surface area contributed by atoms with Gasteiger partial charge in [-0.1, -0.05) is 23.7 Å². The molecule has 2 rings (SSSR count).